The van der Waals surface area contributed by atoms with E-state index in [1.54, 1.807) is 11.3 Å². The van der Waals surface area contributed by atoms with Gasteiger partial charge in [0.05, 0.1) is 10.7 Å². The number of benzene rings is 1. The van der Waals surface area contributed by atoms with E-state index in [9.17, 15) is 0 Å². The highest BCUT2D eigenvalue weighted by atomic mass is 32.1. The van der Waals surface area contributed by atoms with Crippen LogP contribution >= 0.6 is 11.3 Å². The van der Waals surface area contributed by atoms with Gasteiger partial charge in [0, 0.05) is 55.8 Å². The van der Waals surface area contributed by atoms with Gasteiger partial charge in [-0.3, -0.25) is 0 Å². The first-order chi connectivity index (χ1) is 10.2. The van der Waals surface area contributed by atoms with Crippen LogP contribution in [-0.2, 0) is 6.42 Å². The van der Waals surface area contributed by atoms with Crippen molar-refractivity contribution in [3.05, 3.63) is 34.7 Å². The first-order valence-electron chi connectivity index (χ1n) is 7.42. The molecule has 0 unspecified atom stereocenters. The van der Waals surface area contributed by atoms with Crippen LogP contribution in [0.2, 0.25) is 0 Å². The van der Waals surface area contributed by atoms with E-state index in [-0.39, 0.29) is 0 Å². The summed E-state index contributed by atoms with van der Waals surface area (Å²) in [6, 6.07) is 7.93. The van der Waals surface area contributed by atoms with E-state index in [2.05, 4.69) is 22.2 Å². The Morgan fingerprint density at radius 2 is 1.86 bits per heavy atom. The standard InChI is InChI=1S/C16H22N4S/c1-19-8-10-20(11-9-19)7-6-16-18-15(12-21-16)13-2-4-14(17)5-3-13/h2-5,12H,6-11,17H2,1H3. The van der Waals surface area contributed by atoms with Gasteiger partial charge in [-0.2, -0.15) is 0 Å². The lowest BCUT2D eigenvalue weighted by atomic mass is 10.1. The molecule has 0 spiro atoms. The maximum absolute atomic E-state index is 5.72. The van der Waals surface area contributed by atoms with Crippen molar-refractivity contribution in [2.75, 3.05) is 45.5 Å². The zero-order chi connectivity index (χ0) is 14.7. The lowest BCUT2D eigenvalue weighted by Crippen LogP contribution is -2.45. The van der Waals surface area contributed by atoms with Crippen molar-refractivity contribution in [2.45, 2.75) is 6.42 Å². The van der Waals surface area contributed by atoms with Gasteiger partial charge in [-0.15, -0.1) is 11.3 Å². The molecule has 4 nitrogen and oxygen atoms in total. The van der Waals surface area contributed by atoms with Gasteiger partial charge >= 0.3 is 0 Å². The minimum atomic E-state index is 0.796. The molecule has 0 amide bonds. The molecular formula is C16H22N4S. The number of piperazine rings is 1. The maximum Gasteiger partial charge on any atom is 0.0945 e. The number of thiazole rings is 1. The number of hydrogen-bond donors (Lipinski definition) is 1. The van der Waals surface area contributed by atoms with Gasteiger partial charge in [-0.25, -0.2) is 4.98 Å². The molecule has 0 atom stereocenters. The molecule has 2 aromatic rings. The number of rotatable bonds is 4. The fourth-order valence-electron chi connectivity index (χ4n) is 2.54. The van der Waals surface area contributed by atoms with Gasteiger partial charge in [0.15, 0.2) is 0 Å². The molecule has 2 N–H and O–H groups in total. The second-order valence-electron chi connectivity index (χ2n) is 5.64. The molecule has 0 saturated carbocycles. The first kappa shape index (κ1) is 14.5. The van der Waals surface area contributed by atoms with Crippen molar-refractivity contribution in [2.24, 2.45) is 0 Å². The normalized spacial score (nSPS) is 17.2. The molecule has 1 aromatic heterocycles. The zero-order valence-corrected chi connectivity index (χ0v) is 13.3. The van der Waals surface area contributed by atoms with Crippen molar-refractivity contribution in [1.29, 1.82) is 0 Å². The maximum atomic E-state index is 5.72. The Balaban J connectivity index is 1.56. The average Bonchev–Trinajstić information content (AvgIpc) is 2.96. The van der Waals surface area contributed by atoms with Crippen molar-refractivity contribution in [3.63, 3.8) is 0 Å². The Labute approximate surface area is 130 Å². The van der Waals surface area contributed by atoms with Gasteiger partial charge in [0.2, 0.25) is 0 Å². The molecule has 21 heavy (non-hydrogen) atoms. The minimum absolute atomic E-state index is 0.796. The summed E-state index contributed by atoms with van der Waals surface area (Å²) >= 11 is 1.76. The Morgan fingerprint density at radius 3 is 2.57 bits per heavy atom. The highest BCUT2D eigenvalue weighted by molar-refractivity contribution is 7.09. The summed E-state index contributed by atoms with van der Waals surface area (Å²) in [6.07, 6.45) is 1.04. The Kier molecular flexibility index (Phi) is 4.53. The fourth-order valence-corrected chi connectivity index (χ4v) is 3.33. The Bertz CT molecular complexity index is 570. The van der Waals surface area contributed by atoms with E-state index in [4.69, 9.17) is 10.7 Å². The molecule has 1 saturated heterocycles. The molecular weight excluding hydrogens is 280 g/mol. The smallest absolute Gasteiger partial charge is 0.0945 e. The highest BCUT2D eigenvalue weighted by Gasteiger charge is 2.14. The molecule has 1 aliphatic heterocycles. The van der Waals surface area contributed by atoms with Gasteiger partial charge in [-0.1, -0.05) is 12.1 Å². The van der Waals surface area contributed by atoms with Crippen LogP contribution in [0.25, 0.3) is 11.3 Å². The first-order valence-corrected chi connectivity index (χ1v) is 8.30. The topological polar surface area (TPSA) is 45.4 Å². The lowest BCUT2D eigenvalue weighted by molar-refractivity contribution is 0.155. The summed E-state index contributed by atoms with van der Waals surface area (Å²) in [4.78, 5) is 9.67. The number of aromatic nitrogens is 1. The molecule has 3 rings (SSSR count). The van der Waals surface area contributed by atoms with Crippen LogP contribution in [0.1, 0.15) is 5.01 Å². The second-order valence-corrected chi connectivity index (χ2v) is 6.59. The number of likely N-dealkylation sites (N-methyl/N-ethyl adjacent to an activating group) is 1. The summed E-state index contributed by atoms with van der Waals surface area (Å²) in [7, 11) is 2.19. The van der Waals surface area contributed by atoms with Gasteiger partial charge < -0.3 is 15.5 Å². The van der Waals surface area contributed by atoms with Gasteiger partial charge in [0.1, 0.15) is 0 Å². The summed E-state index contributed by atoms with van der Waals surface area (Å²) in [5, 5.41) is 3.37. The predicted octanol–water partition coefficient (Wildman–Crippen LogP) is 2.18. The summed E-state index contributed by atoms with van der Waals surface area (Å²) in [5.74, 6) is 0. The van der Waals surface area contributed by atoms with Crippen LogP contribution in [0.3, 0.4) is 0 Å². The van der Waals surface area contributed by atoms with Crippen LogP contribution in [0.15, 0.2) is 29.6 Å². The van der Waals surface area contributed by atoms with Gasteiger partial charge in [0.25, 0.3) is 0 Å². The number of hydrogen-bond acceptors (Lipinski definition) is 5. The molecule has 0 radical (unpaired) electrons. The van der Waals surface area contributed by atoms with E-state index >= 15 is 0 Å². The molecule has 1 aliphatic rings. The van der Waals surface area contributed by atoms with Crippen LogP contribution in [0.5, 0.6) is 0 Å². The molecule has 1 fully saturated rings. The molecule has 2 heterocycles. The van der Waals surface area contributed by atoms with Crippen molar-refractivity contribution >= 4 is 17.0 Å². The third-order valence-electron chi connectivity index (χ3n) is 4.00. The fraction of sp³-hybridized carbons (Fsp3) is 0.438. The van der Waals surface area contributed by atoms with E-state index in [1.807, 2.05) is 24.3 Å². The number of anilines is 1. The summed E-state index contributed by atoms with van der Waals surface area (Å²) < 4.78 is 0. The summed E-state index contributed by atoms with van der Waals surface area (Å²) in [5.41, 5.74) is 8.73. The molecule has 1 aromatic carbocycles. The van der Waals surface area contributed by atoms with E-state index in [0.717, 1.165) is 29.9 Å². The predicted molar refractivity (Wildman–Crippen MR) is 89.6 cm³/mol. The SMILES string of the molecule is CN1CCN(CCc2nc(-c3ccc(N)cc3)cs2)CC1. The highest BCUT2D eigenvalue weighted by Crippen LogP contribution is 2.23. The quantitative estimate of drug-likeness (QED) is 0.879. The number of nitrogens with two attached hydrogens (primary N) is 1. The van der Waals surface area contributed by atoms with Crippen molar-refractivity contribution in [3.8, 4) is 11.3 Å². The van der Waals surface area contributed by atoms with E-state index in [0.29, 0.717) is 0 Å². The summed E-state index contributed by atoms with van der Waals surface area (Å²) in [6.45, 7) is 5.81. The zero-order valence-electron chi connectivity index (χ0n) is 12.5. The third-order valence-corrected chi connectivity index (χ3v) is 4.90. The molecule has 112 valence electrons. The molecule has 0 aliphatic carbocycles. The molecule has 5 heteroatoms. The monoisotopic (exact) mass is 302 g/mol. The van der Waals surface area contributed by atoms with Crippen molar-refractivity contribution in [1.82, 2.24) is 14.8 Å². The van der Waals surface area contributed by atoms with E-state index < -0.39 is 0 Å². The average molecular weight is 302 g/mol. The second kappa shape index (κ2) is 6.56. The third kappa shape index (κ3) is 3.81. The van der Waals surface area contributed by atoms with E-state index in [1.165, 1.54) is 31.2 Å². The Morgan fingerprint density at radius 1 is 1.14 bits per heavy atom. The number of nitrogens with zero attached hydrogens (tertiary/aromatic N) is 3. The van der Waals surface area contributed by atoms with Gasteiger partial charge in [-0.05, 0) is 19.2 Å². The number of nitrogen functional groups attached to an aromatic ring is 1. The van der Waals surface area contributed by atoms with Crippen molar-refractivity contribution < 1.29 is 0 Å². The lowest BCUT2D eigenvalue weighted by Gasteiger charge is -2.32. The minimum Gasteiger partial charge on any atom is -0.399 e. The van der Waals surface area contributed by atoms with Crippen LogP contribution < -0.4 is 5.73 Å². The Hall–Kier alpha value is -1.43. The van der Waals surface area contributed by atoms with Crippen LogP contribution in [0, 0.1) is 0 Å². The van der Waals surface area contributed by atoms with Crippen LogP contribution in [-0.4, -0.2) is 54.6 Å². The largest absolute Gasteiger partial charge is 0.399 e. The van der Waals surface area contributed by atoms with Crippen LogP contribution in [0.4, 0.5) is 5.69 Å². The molecule has 0 bridgehead atoms.